The number of hydrogen-bond donors (Lipinski definition) is 2. The highest BCUT2D eigenvalue weighted by molar-refractivity contribution is 6.33. The van der Waals surface area contributed by atoms with Gasteiger partial charge in [-0.25, -0.2) is 0 Å². The van der Waals surface area contributed by atoms with Crippen LogP contribution in [0.1, 0.15) is 18.4 Å². The molecule has 110 valence electrons. The smallest absolute Gasteiger partial charge is 0.238 e. The Morgan fingerprint density at radius 3 is 3.05 bits per heavy atom. The van der Waals surface area contributed by atoms with Crippen molar-refractivity contribution in [3.05, 3.63) is 28.8 Å². The topological polar surface area (TPSA) is 52.6 Å². The summed E-state index contributed by atoms with van der Waals surface area (Å²) in [7, 11) is 0. The van der Waals surface area contributed by atoms with Crippen LogP contribution >= 0.6 is 11.6 Å². The van der Waals surface area contributed by atoms with E-state index in [1.54, 1.807) is 0 Å². The number of aliphatic hydroxyl groups excluding tert-OH is 1. The Kier molecular flexibility index (Phi) is 5.40. The minimum atomic E-state index is -0.0608. The zero-order valence-electron chi connectivity index (χ0n) is 11.7. The number of aliphatic hydroxyl groups is 1. The second-order valence-electron chi connectivity index (χ2n) is 5.46. The number of rotatable bonds is 4. The first-order chi connectivity index (χ1) is 9.58. The van der Waals surface area contributed by atoms with Crippen LogP contribution in [0.5, 0.6) is 0 Å². The number of nitrogens with zero attached hydrogens (tertiary/aromatic N) is 1. The molecule has 1 aliphatic rings. The highest BCUT2D eigenvalue weighted by Crippen LogP contribution is 2.23. The molecular weight excluding hydrogens is 276 g/mol. The predicted octanol–water partition coefficient (Wildman–Crippen LogP) is 2.29. The number of nitrogens with one attached hydrogen (secondary N) is 1. The van der Waals surface area contributed by atoms with Gasteiger partial charge >= 0.3 is 0 Å². The molecule has 1 heterocycles. The highest BCUT2D eigenvalue weighted by atomic mass is 35.5. The summed E-state index contributed by atoms with van der Waals surface area (Å²) < 4.78 is 0. The maximum atomic E-state index is 12.0. The van der Waals surface area contributed by atoms with Gasteiger partial charge in [-0.1, -0.05) is 17.7 Å². The number of likely N-dealkylation sites (tertiary alicyclic amines) is 1. The van der Waals surface area contributed by atoms with Crippen LogP contribution in [0.4, 0.5) is 5.69 Å². The molecule has 2 N–H and O–H groups in total. The standard InChI is InChI=1S/C15H21ClN2O2/c1-11-4-5-14(13(16)7-11)17-15(20)9-18-6-2-3-12(8-18)10-19/h4-5,7,12,19H,2-3,6,8-10H2,1H3,(H,17,20). The first-order valence-electron chi connectivity index (χ1n) is 6.97. The minimum absolute atomic E-state index is 0.0608. The van der Waals surface area contributed by atoms with Crippen molar-refractivity contribution in [2.75, 3.05) is 31.6 Å². The zero-order valence-corrected chi connectivity index (χ0v) is 12.5. The Hall–Kier alpha value is -1.10. The number of aryl methyl sites for hydroxylation is 1. The van der Waals surface area contributed by atoms with Gasteiger partial charge < -0.3 is 10.4 Å². The van der Waals surface area contributed by atoms with E-state index in [1.165, 1.54) is 0 Å². The third-order valence-corrected chi connectivity index (χ3v) is 3.94. The first kappa shape index (κ1) is 15.3. The van der Waals surface area contributed by atoms with Crippen molar-refractivity contribution < 1.29 is 9.90 Å². The number of halogens is 1. The highest BCUT2D eigenvalue weighted by Gasteiger charge is 2.21. The normalized spacial score (nSPS) is 19.9. The van der Waals surface area contributed by atoms with Crippen molar-refractivity contribution in [2.45, 2.75) is 19.8 Å². The summed E-state index contributed by atoms with van der Waals surface area (Å²) >= 11 is 6.10. The number of anilines is 1. The quantitative estimate of drug-likeness (QED) is 0.896. The summed E-state index contributed by atoms with van der Waals surface area (Å²) in [4.78, 5) is 14.1. The van der Waals surface area contributed by atoms with Crippen molar-refractivity contribution in [2.24, 2.45) is 5.92 Å². The van der Waals surface area contributed by atoms with E-state index in [0.29, 0.717) is 23.2 Å². The number of benzene rings is 1. The van der Waals surface area contributed by atoms with Gasteiger partial charge in [0.15, 0.2) is 0 Å². The largest absolute Gasteiger partial charge is 0.396 e. The van der Waals surface area contributed by atoms with E-state index in [-0.39, 0.29) is 12.5 Å². The molecule has 0 bridgehead atoms. The molecule has 1 aromatic rings. The van der Waals surface area contributed by atoms with Crippen molar-refractivity contribution in [3.8, 4) is 0 Å². The molecule has 2 rings (SSSR count). The second kappa shape index (κ2) is 7.07. The van der Waals surface area contributed by atoms with E-state index in [0.717, 1.165) is 31.5 Å². The maximum absolute atomic E-state index is 12.0. The van der Waals surface area contributed by atoms with Gasteiger partial charge in [0.05, 0.1) is 17.3 Å². The molecule has 0 aliphatic carbocycles. The number of piperidine rings is 1. The van der Waals surface area contributed by atoms with Crippen LogP contribution in [0.25, 0.3) is 0 Å². The van der Waals surface area contributed by atoms with Gasteiger partial charge in [0.2, 0.25) is 5.91 Å². The number of amides is 1. The first-order valence-corrected chi connectivity index (χ1v) is 7.35. The second-order valence-corrected chi connectivity index (χ2v) is 5.86. The summed E-state index contributed by atoms with van der Waals surface area (Å²) in [5.74, 6) is 0.230. The van der Waals surface area contributed by atoms with Crippen molar-refractivity contribution in [1.82, 2.24) is 4.90 Å². The molecule has 1 unspecified atom stereocenters. The minimum Gasteiger partial charge on any atom is -0.396 e. The van der Waals surface area contributed by atoms with Crippen molar-refractivity contribution in [3.63, 3.8) is 0 Å². The van der Waals surface area contributed by atoms with Crippen molar-refractivity contribution >= 4 is 23.2 Å². The van der Waals surface area contributed by atoms with Gasteiger partial charge in [0.1, 0.15) is 0 Å². The van der Waals surface area contributed by atoms with Gasteiger partial charge in [0, 0.05) is 13.2 Å². The molecule has 1 saturated heterocycles. The van der Waals surface area contributed by atoms with Gasteiger partial charge in [-0.3, -0.25) is 9.69 Å². The third kappa shape index (κ3) is 4.20. The monoisotopic (exact) mass is 296 g/mol. The molecule has 0 saturated carbocycles. The lowest BCUT2D eigenvalue weighted by atomic mass is 9.99. The third-order valence-electron chi connectivity index (χ3n) is 3.63. The molecule has 1 amide bonds. The lowest BCUT2D eigenvalue weighted by Gasteiger charge is -2.31. The predicted molar refractivity (Wildman–Crippen MR) is 81.1 cm³/mol. The SMILES string of the molecule is Cc1ccc(NC(=O)CN2CCCC(CO)C2)c(Cl)c1. The molecule has 0 spiro atoms. The van der Waals surface area contributed by atoms with E-state index in [1.807, 2.05) is 25.1 Å². The van der Waals surface area contributed by atoms with E-state index in [4.69, 9.17) is 11.6 Å². The number of hydrogen-bond acceptors (Lipinski definition) is 3. The molecule has 1 aliphatic heterocycles. The molecule has 5 heteroatoms. The lowest BCUT2D eigenvalue weighted by Crippen LogP contribution is -2.41. The zero-order chi connectivity index (χ0) is 14.5. The summed E-state index contributed by atoms with van der Waals surface area (Å²) in [5.41, 5.74) is 1.72. The fourth-order valence-electron chi connectivity index (χ4n) is 2.56. The lowest BCUT2D eigenvalue weighted by molar-refractivity contribution is -0.117. The average Bonchev–Trinajstić information content (AvgIpc) is 2.42. The van der Waals surface area contributed by atoms with Crippen LogP contribution in [-0.2, 0) is 4.79 Å². The molecule has 1 fully saturated rings. The summed E-state index contributed by atoms with van der Waals surface area (Å²) in [6.45, 7) is 4.19. The Morgan fingerprint density at radius 1 is 1.55 bits per heavy atom. The van der Waals surface area contributed by atoms with E-state index in [9.17, 15) is 9.90 Å². The summed E-state index contributed by atoms with van der Waals surface area (Å²) in [6, 6.07) is 5.58. The molecule has 0 aromatic heterocycles. The molecule has 4 nitrogen and oxygen atoms in total. The fraction of sp³-hybridized carbons (Fsp3) is 0.533. The Morgan fingerprint density at radius 2 is 2.35 bits per heavy atom. The Balaban J connectivity index is 1.88. The average molecular weight is 297 g/mol. The van der Waals surface area contributed by atoms with Gasteiger partial charge in [-0.2, -0.15) is 0 Å². The molecular formula is C15H21ClN2O2. The Labute approximate surface area is 124 Å². The summed E-state index contributed by atoms with van der Waals surface area (Å²) in [5, 5.41) is 12.6. The van der Waals surface area contributed by atoms with Crippen LogP contribution in [0.2, 0.25) is 5.02 Å². The number of carbonyl (C=O) groups is 1. The van der Waals surface area contributed by atoms with Crippen LogP contribution in [-0.4, -0.2) is 42.2 Å². The molecule has 1 aromatic carbocycles. The van der Waals surface area contributed by atoms with Crippen LogP contribution in [0.15, 0.2) is 18.2 Å². The Bertz CT molecular complexity index is 479. The van der Waals surface area contributed by atoms with Crippen LogP contribution in [0, 0.1) is 12.8 Å². The number of carbonyl (C=O) groups excluding carboxylic acids is 1. The van der Waals surface area contributed by atoms with Gasteiger partial charge in [-0.05, 0) is 49.9 Å². The molecule has 1 atom stereocenters. The van der Waals surface area contributed by atoms with E-state index < -0.39 is 0 Å². The van der Waals surface area contributed by atoms with Gasteiger partial charge in [0.25, 0.3) is 0 Å². The maximum Gasteiger partial charge on any atom is 0.238 e. The van der Waals surface area contributed by atoms with Crippen LogP contribution in [0.3, 0.4) is 0 Å². The molecule has 20 heavy (non-hydrogen) atoms. The summed E-state index contributed by atoms with van der Waals surface area (Å²) in [6.07, 6.45) is 2.07. The van der Waals surface area contributed by atoms with Gasteiger partial charge in [-0.15, -0.1) is 0 Å². The fourth-order valence-corrected chi connectivity index (χ4v) is 2.84. The van der Waals surface area contributed by atoms with E-state index >= 15 is 0 Å². The van der Waals surface area contributed by atoms with Crippen LogP contribution < -0.4 is 5.32 Å². The molecule has 0 radical (unpaired) electrons. The van der Waals surface area contributed by atoms with Crippen molar-refractivity contribution in [1.29, 1.82) is 0 Å². The van der Waals surface area contributed by atoms with E-state index in [2.05, 4.69) is 10.2 Å².